The zero-order valence-electron chi connectivity index (χ0n) is 58.6. The van der Waals surface area contributed by atoms with E-state index < -0.39 is 97.5 Å². The fraction of sp³-hybridized carbons (Fsp3) is 0.944. The van der Waals surface area contributed by atoms with Gasteiger partial charge < -0.3 is 33.8 Å². The van der Waals surface area contributed by atoms with Gasteiger partial charge in [0, 0.05) is 25.7 Å². The van der Waals surface area contributed by atoms with Gasteiger partial charge in [-0.2, -0.15) is 0 Å². The van der Waals surface area contributed by atoms with E-state index in [1.807, 2.05) is 0 Å². The molecule has 2 unspecified atom stereocenters. The van der Waals surface area contributed by atoms with Crippen LogP contribution in [0.15, 0.2) is 0 Å². The third kappa shape index (κ3) is 64.8. The van der Waals surface area contributed by atoms with Crippen molar-refractivity contribution in [3.05, 3.63) is 0 Å². The van der Waals surface area contributed by atoms with Crippen LogP contribution in [0.25, 0.3) is 0 Å². The van der Waals surface area contributed by atoms with Crippen LogP contribution >= 0.6 is 15.6 Å². The van der Waals surface area contributed by atoms with Gasteiger partial charge in [0.2, 0.25) is 0 Å². The first kappa shape index (κ1) is 88.1. The minimum atomic E-state index is -4.95. The Morgan fingerprint density at radius 3 is 0.756 bits per heavy atom. The molecule has 0 aromatic carbocycles. The smallest absolute Gasteiger partial charge is 0.462 e. The molecule has 0 saturated carbocycles. The van der Waals surface area contributed by atoms with E-state index in [-0.39, 0.29) is 25.7 Å². The van der Waals surface area contributed by atoms with Gasteiger partial charge >= 0.3 is 39.5 Å². The lowest BCUT2D eigenvalue weighted by molar-refractivity contribution is -0.161. The van der Waals surface area contributed by atoms with Crippen molar-refractivity contribution >= 4 is 39.5 Å². The maximum absolute atomic E-state index is 13.0. The second kappa shape index (κ2) is 61.9. The van der Waals surface area contributed by atoms with Crippen LogP contribution in [-0.4, -0.2) is 96.7 Å². The molecule has 0 aromatic rings. The Balaban J connectivity index is 5.20. The summed E-state index contributed by atoms with van der Waals surface area (Å²) in [5.41, 5.74) is 0. The van der Waals surface area contributed by atoms with E-state index in [0.29, 0.717) is 37.5 Å². The molecule has 0 amide bonds. The lowest BCUT2D eigenvalue weighted by Gasteiger charge is -2.21. The average Bonchev–Trinajstić information content (AvgIpc) is 3.37. The van der Waals surface area contributed by atoms with Crippen LogP contribution in [0, 0.1) is 17.8 Å². The number of unbranched alkanes of at least 4 members (excludes halogenated alkanes) is 37. The molecule has 0 saturated heterocycles. The summed E-state index contributed by atoms with van der Waals surface area (Å²) in [4.78, 5) is 72.5. The van der Waals surface area contributed by atoms with Gasteiger partial charge in [-0.15, -0.1) is 0 Å². The van der Waals surface area contributed by atoms with Crippen LogP contribution in [0.3, 0.4) is 0 Å². The maximum Gasteiger partial charge on any atom is 0.472 e. The number of esters is 4. The number of carbonyl (C=O) groups is 4. The molecular formula is C71H138O17P2. The number of carbonyl (C=O) groups excluding carboxylic acids is 4. The third-order valence-electron chi connectivity index (χ3n) is 16.4. The molecule has 0 aliphatic rings. The first-order chi connectivity index (χ1) is 43.2. The van der Waals surface area contributed by atoms with Crippen LogP contribution in [0.1, 0.15) is 357 Å². The van der Waals surface area contributed by atoms with Gasteiger partial charge in [-0.25, -0.2) is 9.13 Å². The molecule has 0 spiro atoms. The lowest BCUT2D eigenvalue weighted by Crippen LogP contribution is -2.30. The Kier molecular flexibility index (Phi) is 60.6. The van der Waals surface area contributed by atoms with Gasteiger partial charge in [-0.3, -0.25) is 37.3 Å². The molecule has 534 valence electrons. The second-order valence-corrected chi connectivity index (χ2v) is 30.0. The molecule has 0 bridgehead atoms. The fourth-order valence-electron chi connectivity index (χ4n) is 10.7. The Bertz CT molecular complexity index is 1770. The van der Waals surface area contributed by atoms with Gasteiger partial charge in [-0.05, 0) is 43.4 Å². The van der Waals surface area contributed by atoms with Crippen molar-refractivity contribution in [2.45, 2.75) is 375 Å². The van der Waals surface area contributed by atoms with E-state index >= 15 is 0 Å². The topological polar surface area (TPSA) is 237 Å². The van der Waals surface area contributed by atoms with Crippen LogP contribution in [-0.2, 0) is 65.4 Å². The fourth-order valence-corrected chi connectivity index (χ4v) is 12.3. The molecule has 0 heterocycles. The molecule has 3 N–H and O–H groups in total. The summed E-state index contributed by atoms with van der Waals surface area (Å²) < 4.78 is 68.2. The number of ether oxygens (including phenoxy) is 4. The van der Waals surface area contributed by atoms with E-state index in [9.17, 15) is 43.2 Å². The SMILES string of the molecule is CCCCCCCCCCCCCC(=O)OC[C@H](COP(=O)(O)OC[C@@H](O)COP(=O)(O)OC[C@@H](COC(=O)CCCCCCCCCC(C)C)OC(=O)CCCCCCCCCC(C)C)OC(=O)CCCCCCCCCCCCCCCCCCC(C)C. The number of aliphatic hydroxyl groups is 1. The molecular weight excluding hydrogens is 1190 g/mol. The van der Waals surface area contributed by atoms with Crippen LogP contribution < -0.4 is 0 Å². The first-order valence-electron chi connectivity index (χ1n) is 36.8. The molecule has 0 aliphatic carbocycles. The summed E-state index contributed by atoms with van der Waals surface area (Å²) in [7, 11) is -9.90. The van der Waals surface area contributed by atoms with Crippen molar-refractivity contribution in [3.63, 3.8) is 0 Å². The van der Waals surface area contributed by atoms with E-state index in [1.54, 1.807) is 0 Å². The average molecular weight is 1330 g/mol. The van der Waals surface area contributed by atoms with Gasteiger partial charge in [0.15, 0.2) is 12.2 Å². The molecule has 90 heavy (non-hydrogen) atoms. The van der Waals surface area contributed by atoms with Gasteiger partial charge in [0.25, 0.3) is 0 Å². The van der Waals surface area contributed by atoms with Crippen LogP contribution in [0.5, 0.6) is 0 Å². The quantitative estimate of drug-likeness (QED) is 0.0222. The number of hydrogen-bond acceptors (Lipinski definition) is 15. The number of rotatable bonds is 69. The highest BCUT2D eigenvalue weighted by Crippen LogP contribution is 2.45. The van der Waals surface area contributed by atoms with Crippen LogP contribution in [0.2, 0.25) is 0 Å². The van der Waals surface area contributed by atoms with Crippen molar-refractivity contribution < 1.29 is 80.2 Å². The number of aliphatic hydroxyl groups excluding tert-OH is 1. The van der Waals surface area contributed by atoms with Crippen molar-refractivity contribution in [3.8, 4) is 0 Å². The Morgan fingerprint density at radius 1 is 0.300 bits per heavy atom. The van der Waals surface area contributed by atoms with Crippen molar-refractivity contribution in [1.82, 2.24) is 0 Å². The number of phosphoric ester groups is 2. The molecule has 5 atom stereocenters. The van der Waals surface area contributed by atoms with E-state index in [0.717, 1.165) is 102 Å². The summed E-state index contributed by atoms with van der Waals surface area (Å²) in [5, 5.41) is 10.6. The zero-order valence-corrected chi connectivity index (χ0v) is 60.4. The molecule has 0 rings (SSSR count). The normalized spacial score (nSPS) is 14.2. The summed E-state index contributed by atoms with van der Waals surface area (Å²) in [6, 6.07) is 0. The van der Waals surface area contributed by atoms with E-state index in [4.69, 9.17) is 37.0 Å². The standard InChI is InChI=1S/C71H138O17P2/c1-8-9-10-11-12-13-20-24-31-38-45-52-68(73)81-58-66(87-70(75)54-47-40-32-25-22-19-17-15-14-16-18-21-23-28-35-42-49-62(2)3)60-85-89(77,78)83-56-65(72)57-84-90(79,80)86-61-67(88-71(76)55-48-41-34-27-30-37-44-51-64(6)7)59-82-69(74)53-46-39-33-26-29-36-43-50-63(4)5/h62-67,72H,8-61H2,1-7H3,(H,77,78)(H,79,80)/t65-,66-,67-/m1/s1. The monoisotopic (exact) mass is 1320 g/mol. The maximum atomic E-state index is 13.0. The van der Waals surface area contributed by atoms with E-state index in [2.05, 4.69) is 48.5 Å². The molecule has 0 aromatic heterocycles. The van der Waals surface area contributed by atoms with Gasteiger partial charge in [0.05, 0.1) is 26.4 Å². The molecule has 0 fully saturated rings. The highest BCUT2D eigenvalue weighted by Gasteiger charge is 2.30. The largest absolute Gasteiger partial charge is 0.472 e. The Labute approximate surface area is 549 Å². The summed E-state index contributed by atoms with van der Waals surface area (Å²) in [6.07, 6.45) is 46.0. The zero-order chi connectivity index (χ0) is 66.6. The van der Waals surface area contributed by atoms with Gasteiger partial charge in [-0.1, -0.05) is 305 Å². The third-order valence-corrected chi connectivity index (χ3v) is 18.3. The second-order valence-electron chi connectivity index (χ2n) is 27.1. The molecule has 0 radical (unpaired) electrons. The van der Waals surface area contributed by atoms with Crippen molar-refractivity contribution in [2.75, 3.05) is 39.6 Å². The predicted octanol–water partition coefficient (Wildman–Crippen LogP) is 20.2. The summed E-state index contributed by atoms with van der Waals surface area (Å²) in [5.74, 6) is 0.0822. The summed E-state index contributed by atoms with van der Waals surface area (Å²) in [6.45, 7) is 11.8. The number of phosphoric acid groups is 2. The highest BCUT2D eigenvalue weighted by atomic mass is 31.2. The molecule has 17 nitrogen and oxygen atoms in total. The minimum absolute atomic E-state index is 0.103. The Hall–Kier alpha value is -1.94. The first-order valence-corrected chi connectivity index (χ1v) is 39.8. The summed E-state index contributed by atoms with van der Waals surface area (Å²) >= 11 is 0. The minimum Gasteiger partial charge on any atom is -0.462 e. The molecule has 19 heteroatoms. The van der Waals surface area contributed by atoms with Crippen molar-refractivity contribution in [2.24, 2.45) is 17.8 Å². The molecule has 0 aliphatic heterocycles. The van der Waals surface area contributed by atoms with Crippen LogP contribution in [0.4, 0.5) is 0 Å². The van der Waals surface area contributed by atoms with Crippen molar-refractivity contribution in [1.29, 1.82) is 0 Å². The number of hydrogen-bond donors (Lipinski definition) is 3. The Morgan fingerprint density at radius 2 is 0.511 bits per heavy atom. The van der Waals surface area contributed by atoms with Gasteiger partial charge in [0.1, 0.15) is 19.3 Å². The van der Waals surface area contributed by atoms with E-state index in [1.165, 1.54) is 161 Å². The predicted molar refractivity (Wildman–Crippen MR) is 363 cm³/mol. The highest BCUT2D eigenvalue weighted by molar-refractivity contribution is 7.47. The lowest BCUT2D eigenvalue weighted by atomic mass is 10.0.